The number of ether oxygens (including phenoxy) is 2. The fourth-order valence-corrected chi connectivity index (χ4v) is 2.03. The van der Waals surface area contributed by atoms with E-state index in [1.54, 1.807) is 7.11 Å². The van der Waals surface area contributed by atoms with E-state index in [9.17, 15) is 0 Å². The predicted octanol–water partition coefficient (Wildman–Crippen LogP) is 4.49. The molecule has 0 heterocycles. The van der Waals surface area contributed by atoms with Crippen LogP contribution in [0.4, 0.5) is 5.69 Å². The largest absolute Gasteiger partial charge is 0.493 e. The zero-order valence-corrected chi connectivity index (χ0v) is 12.8. The van der Waals surface area contributed by atoms with Gasteiger partial charge in [0.05, 0.1) is 13.7 Å². The normalized spacial score (nSPS) is 10.2. The van der Waals surface area contributed by atoms with Crippen LogP contribution in [-0.2, 0) is 6.54 Å². The third-order valence-electron chi connectivity index (χ3n) is 3.25. The van der Waals surface area contributed by atoms with E-state index < -0.39 is 0 Å². The van der Waals surface area contributed by atoms with Gasteiger partial charge in [-0.25, -0.2) is 0 Å². The van der Waals surface area contributed by atoms with Gasteiger partial charge in [0.1, 0.15) is 0 Å². The van der Waals surface area contributed by atoms with Crippen molar-refractivity contribution in [3.05, 3.63) is 54.1 Å². The van der Waals surface area contributed by atoms with E-state index >= 15 is 0 Å². The smallest absolute Gasteiger partial charge is 0.161 e. The number of hydrogen-bond acceptors (Lipinski definition) is 3. The first kappa shape index (κ1) is 15.2. The van der Waals surface area contributed by atoms with Crippen molar-refractivity contribution in [1.82, 2.24) is 0 Å². The Bertz CT molecular complexity index is 540. The molecule has 2 aromatic rings. The summed E-state index contributed by atoms with van der Waals surface area (Å²) in [5.41, 5.74) is 2.29. The van der Waals surface area contributed by atoms with Gasteiger partial charge in [0.2, 0.25) is 0 Å². The van der Waals surface area contributed by atoms with Gasteiger partial charge in [-0.2, -0.15) is 0 Å². The van der Waals surface area contributed by atoms with E-state index in [-0.39, 0.29) is 0 Å². The Morgan fingerprint density at radius 1 is 1.00 bits per heavy atom. The molecule has 0 amide bonds. The Labute approximate surface area is 126 Å². The monoisotopic (exact) mass is 285 g/mol. The summed E-state index contributed by atoms with van der Waals surface area (Å²) < 4.78 is 11.2. The van der Waals surface area contributed by atoms with Crippen molar-refractivity contribution in [2.24, 2.45) is 0 Å². The number of unbranched alkanes of at least 4 members (excludes halogenated alkanes) is 1. The molecule has 0 fully saturated rings. The molecular weight excluding hydrogens is 262 g/mol. The molecule has 1 N–H and O–H groups in total. The summed E-state index contributed by atoms with van der Waals surface area (Å²) in [6.45, 7) is 3.64. The molecule has 21 heavy (non-hydrogen) atoms. The second-order valence-corrected chi connectivity index (χ2v) is 4.91. The Kier molecular flexibility index (Phi) is 5.95. The summed E-state index contributed by atoms with van der Waals surface area (Å²) in [6, 6.07) is 16.2. The van der Waals surface area contributed by atoms with Crippen molar-refractivity contribution >= 4 is 5.69 Å². The summed E-state index contributed by atoms with van der Waals surface area (Å²) in [5.74, 6) is 1.60. The van der Waals surface area contributed by atoms with Gasteiger partial charge < -0.3 is 14.8 Å². The first-order chi connectivity index (χ1) is 10.3. The third-order valence-corrected chi connectivity index (χ3v) is 3.25. The molecule has 0 aromatic heterocycles. The maximum Gasteiger partial charge on any atom is 0.161 e. The molecule has 0 aliphatic carbocycles. The van der Waals surface area contributed by atoms with Crippen LogP contribution in [0.25, 0.3) is 0 Å². The minimum Gasteiger partial charge on any atom is -0.493 e. The average Bonchev–Trinajstić information content (AvgIpc) is 2.54. The lowest BCUT2D eigenvalue weighted by Gasteiger charge is -2.13. The highest BCUT2D eigenvalue weighted by molar-refractivity contribution is 5.46. The van der Waals surface area contributed by atoms with E-state index in [2.05, 4.69) is 30.4 Å². The topological polar surface area (TPSA) is 30.5 Å². The Morgan fingerprint density at radius 2 is 1.81 bits per heavy atom. The van der Waals surface area contributed by atoms with Gasteiger partial charge in [-0.05, 0) is 36.2 Å². The fourth-order valence-electron chi connectivity index (χ4n) is 2.03. The molecule has 0 saturated carbocycles. The van der Waals surface area contributed by atoms with Crippen LogP contribution in [0, 0.1) is 0 Å². The summed E-state index contributed by atoms with van der Waals surface area (Å²) >= 11 is 0. The van der Waals surface area contributed by atoms with Crippen molar-refractivity contribution in [1.29, 1.82) is 0 Å². The van der Waals surface area contributed by atoms with Crippen LogP contribution < -0.4 is 14.8 Å². The van der Waals surface area contributed by atoms with Crippen molar-refractivity contribution in [3.63, 3.8) is 0 Å². The average molecular weight is 285 g/mol. The maximum absolute atomic E-state index is 5.81. The number of para-hydroxylation sites is 1. The van der Waals surface area contributed by atoms with Gasteiger partial charge >= 0.3 is 0 Å². The molecule has 0 saturated heterocycles. The number of anilines is 1. The molecule has 0 spiro atoms. The van der Waals surface area contributed by atoms with E-state index in [1.165, 1.54) is 5.56 Å². The highest BCUT2D eigenvalue weighted by atomic mass is 16.5. The standard InChI is InChI=1S/C18H23NO2/c1-3-4-12-21-18-13-15(10-11-17(18)20-2)14-19-16-8-6-5-7-9-16/h5-11,13,19H,3-4,12,14H2,1-2H3. The van der Waals surface area contributed by atoms with Crippen molar-refractivity contribution in [3.8, 4) is 11.5 Å². The van der Waals surface area contributed by atoms with Crippen LogP contribution in [0.1, 0.15) is 25.3 Å². The molecule has 0 bridgehead atoms. The first-order valence-electron chi connectivity index (χ1n) is 7.42. The number of hydrogen-bond donors (Lipinski definition) is 1. The van der Waals surface area contributed by atoms with Crippen LogP contribution >= 0.6 is 0 Å². The van der Waals surface area contributed by atoms with Gasteiger partial charge in [0.25, 0.3) is 0 Å². The predicted molar refractivity (Wildman–Crippen MR) is 87.2 cm³/mol. The summed E-state index contributed by atoms with van der Waals surface area (Å²) in [4.78, 5) is 0. The highest BCUT2D eigenvalue weighted by Gasteiger charge is 2.05. The lowest BCUT2D eigenvalue weighted by molar-refractivity contribution is 0.288. The third kappa shape index (κ3) is 4.71. The minimum absolute atomic E-state index is 0.725. The van der Waals surface area contributed by atoms with Crippen molar-refractivity contribution in [2.75, 3.05) is 19.0 Å². The van der Waals surface area contributed by atoms with E-state index in [0.29, 0.717) is 0 Å². The molecule has 112 valence electrons. The zero-order valence-electron chi connectivity index (χ0n) is 12.8. The second-order valence-electron chi connectivity index (χ2n) is 4.91. The summed E-state index contributed by atoms with van der Waals surface area (Å²) in [6.07, 6.45) is 2.17. The maximum atomic E-state index is 5.81. The molecule has 3 nitrogen and oxygen atoms in total. The number of rotatable bonds is 8. The van der Waals surface area contributed by atoms with Gasteiger partial charge in [-0.15, -0.1) is 0 Å². The molecule has 0 aliphatic rings. The van der Waals surface area contributed by atoms with Gasteiger partial charge in [0, 0.05) is 12.2 Å². The number of methoxy groups -OCH3 is 1. The molecule has 2 aromatic carbocycles. The highest BCUT2D eigenvalue weighted by Crippen LogP contribution is 2.28. The summed E-state index contributed by atoms with van der Waals surface area (Å²) in [7, 11) is 1.67. The molecular formula is C18H23NO2. The van der Waals surface area contributed by atoms with Crippen LogP contribution in [0.2, 0.25) is 0 Å². The van der Waals surface area contributed by atoms with Crippen LogP contribution in [0.15, 0.2) is 48.5 Å². The fraction of sp³-hybridized carbons (Fsp3) is 0.333. The lowest BCUT2D eigenvalue weighted by atomic mass is 10.2. The van der Waals surface area contributed by atoms with Gasteiger partial charge in [-0.1, -0.05) is 37.6 Å². The zero-order chi connectivity index (χ0) is 14.9. The Balaban J connectivity index is 2.01. The van der Waals surface area contributed by atoms with Gasteiger partial charge in [0.15, 0.2) is 11.5 Å². The van der Waals surface area contributed by atoms with E-state index in [4.69, 9.17) is 9.47 Å². The molecule has 0 aliphatic heterocycles. The lowest BCUT2D eigenvalue weighted by Crippen LogP contribution is -2.02. The van der Waals surface area contributed by atoms with Crippen molar-refractivity contribution in [2.45, 2.75) is 26.3 Å². The quantitative estimate of drug-likeness (QED) is 0.725. The van der Waals surface area contributed by atoms with Gasteiger partial charge in [-0.3, -0.25) is 0 Å². The van der Waals surface area contributed by atoms with Crippen molar-refractivity contribution < 1.29 is 9.47 Å². The molecule has 2 rings (SSSR count). The molecule has 0 radical (unpaired) electrons. The molecule has 3 heteroatoms. The Morgan fingerprint density at radius 3 is 2.52 bits per heavy atom. The van der Waals surface area contributed by atoms with Crippen LogP contribution in [0.5, 0.6) is 11.5 Å². The minimum atomic E-state index is 0.725. The Hall–Kier alpha value is -2.16. The van der Waals surface area contributed by atoms with E-state index in [0.717, 1.165) is 43.2 Å². The van der Waals surface area contributed by atoms with Crippen LogP contribution in [0.3, 0.4) is 0 Å². The van der Waals surface area contributed by atoms with E-state index in [1.807, 2.05) is 30.3 Å². The van der Waals surface area contributed by atoms with Crippen LogP contribution in [-0.4, -0.2) is 13.7 Å². The second kappa shape index (κ2) is 8.20. The number of benzene rings is 2. The SMILES string of the molecule is CCCCOc1cc(CNc2ccccc2)ccc1OC. The molecule has 0 unspecified atom stereocenters. The first-order valence-corrected chi connectivity index (χ1v) is 7.42. The molecule has 0 atom stereocenters. The summed E-state index contributed by atoms with van der Waals surface area (Å²) in [5, 5.41) is 3.40. The number of nitrogens with one attached hydrogen (secondary N) is 1.